The van der Waals surface area contributed by atoms with Crippen LogP contribution in [0.15, 0.2) is 158 Å². The van der Waals surface area contributed by atoms with Crippen molar-refractivity contribution in [2.24, 2.45) is 0 Å². The molecule has 0 unspecified atom stereocenters. The molecule has 0 N–H and O–H groups in total. The monoisotopic (exact) mass is 538 g/mol. The Balaban J connectivity index is 0.000000210. The number of rotatable bonds is 10. The number of hydrogen-bond acceptors (Lipinski definition) is 1. The van der Waals surface area contributed by atoms with E-state index in [1.807, 2.05) is 24.7 Å². The summed E-state index contributed by atoms with van der Waals surface area (Å²) in [6.07, 6.45) is 8.33. The molecule has 0 saturated heterocycles. The summed E-state index contributed by atoms with van der Waals surface area (Å²) in [4.78, 5) is 4.37. The lowest BCUT2D eigenvalue weighted by Crippen LogP contribution is -2.41. The van der Waals surface area contributed by atoms with Crippen LogP contribution in [0.5, 0.6) is 0 Å². The first-order valence-corrected chi connectivity index (χ1v) is 15.9. The first-order chi connectivity index (χ1) is 19.6. The van der Waals surface area contributed by atoms with Gasteiger partial charge in [-0.1, -0.05) is 139 Å². The van der Waals surface area contributed by atoms with E-state index in [9.17, 15) is 0 Å². The predicted molar refractivity (Wildman–Crippen MR) is 177 cm³/mol. The average Bonchev–Trinajstić information content (AvgIpc) is 3.56. The second-order valence-electron chi connectivity index (χ2n) is 10.2. The third-order valence-corrected chi connectivity index (χ3v) is 10.1. The van der Waals surface area contributed by atoms with Gasteiger partial charge in [0.1, 0.15) is 7.85 Å². The van der Waals surface area contributed by atoms with Crippen LogP contribution in [0.4, 0.5) is 0 Å². The topological polar surface area (TPSA) is 17.8 Å². The molecule has 0 atom stereocenters. The Labute approximate surface area is 243 Å². The molecule has 0 bridgehead atoms. The summed E-state index contributed by atoms with van der Waals surface area (Å²) in [7, 11) is 1.57. The van der Waals surface area contributed by atoms with Gasteiger partial charge < -0.3 is 4.57 Å². The number of aromatic nitrogens is 2. The highest BCUT2D eigenvalue weighted by Gasteiger charge is 2.35. The Bertz CT molecular complexity index is 1370. The highest BCUT2D eigenvalue weighted by atomic mass is 28.2. The molecule has 0 spiro atoms. The van der Waals surface area contributed by atoms with Gasteiger partial charge in [0.05, 0.1) is 21.0 Å². The van der Waals surface area contributed by atoms with Gasteiger partial charge in [-0.05, 0) is 41.2 Å². The second-order valence-corrected chi connectivity index (χ2v) is 12.4. The minimum absolute atomic E-state index is 0.0892. The molecule has 0 aliphatic heterocycles. The molecule has 0 aliphatic carbocycles. The molecule has 0 radical (unpaired) electrons. The summed E-state index contributed by atoms with van der Waals surface area (Å²) in [5.74, 6) is 2.16. The molecule has 0 fully saturated rings. The van der Waals surface area contributed by atoms with E-state index >= 15 is 0 Å². The van der Waals surface area contributed by atoms with E-state index in [1.54, 1.807) is 0 Å². The van der Waals surface area contributed by atoms with E-state index in [4.69, 9.17) is 0 Å². The molecule has 4 heteroatoms. The van der Waals surface area contributed by atoms with Gasteiger partial charge in [-0.3, -0.25) is 0 Å². The largest absolute Gasteiger partial charge is 0.327 e. The van der Waals surface area contributed by atoms with Crippen LogP contribution in [-0.4, -0.2) is 26.9 Å². The predicted octanol–water partition coefficient (Wildman–Crippen LogP) is 7.28. The summed E-state index contributed by atoms with van der Waals surface area (Å²) < 4.78 is 2.32. The van der Waals surface area contributed by atoms with Crippen molar-refractivity contribution in [2.45, 2.75) is 31.0 Å². The lowest BCUT2D eigenvalue weighted by atomic mass is 9.92. The Morgan fingerprint density at radius 3 is 1.68 bits per heavy atom. The Hall–Kier alpha value is -4.15. The summed E-state index contributed by atoms with van der Waals surface area (Å²) in [6, 6.07) is 44.0. The SMILES string of the molecule is BC=C(c1ccccc1)c1ccccc1.C=C(C)CCC[SiH2]C(c1ccccc1)(c1ccccc1)n1ccnc1. The summed E-state index contributed by atoms with van der Waals surface area (Å²) in [5, 5.41) is -0.0892. The molecule has 0 saturated carbocycles. The summed E-state index contributed by atoms with van der Waals surface area (Å²) in [6.45, 7) is 6.18. The average molecular weight is 539 g/mol. The molecular formula is C36H39BN2Si. The maximum absolute atomic E-state index is 4.37. The van der Waals surface area contributed by atoms with Crippen LogP contribution in [0.25, 0.3) is 5.57 Å². The van der Waals surface area contributed by atoms with Gasteiger partial charge in [0, 0.05) is 12.4 Å². The fourth-order valence-electron chi connectivity index (χ4n) is 5.34. The zero-order valence-corrected chi connectivity index (χ0v) is 25.2. The van der Waals surface area contributed by atoms with Crippen molar-refractivity contribution in [3.8, 4) is 0 Å². The van der Waals surface area contributed by atoms with Gasteiger partial charge >= 0.3 is 0 Å². The fourth-order valence-corrected chi connectivity index (χ4v) is 7.84. The zero-order valence-electron chi connectivity index (χ0n) is 23.8. The van der Waals surface area contributed by atoms with Crippen molar-refractivity contribution in [1.29, 1.82) is 0 Å². The number of benzene rings is 4. The third-order valence-electron chi connectivity index (χ3n) is 7.30. The van der Waals surface area contributed by atoms with Crippen LogP contribution in [0.2, 0.25) is 6.04 Å². The zero-order chi connectivity index (χ0) is 28.0. The molecule has 5 aromatic rings. The molecule has 4 aromatic carbocycles. The molecule has 200 valence electrons. The van der Waals surface area contributed by atoms with Crippen molar-refractivity contribution in [2.75, 3.05) is 0 Å². The van der Waals surface area contributed by atoms with Crippen LogP contribution in [0.3, 0.4) is 0 Å². The molecule has 2 nitrogen and oxygen atoms in total. The summed E-state index contributed by atoms with van der Waals surface area (Å²) >= 11 is 0. The van der Waals surface area contributed by atoms with Gasteiger partial charge in [0.15, 0.2) is 0 Å². The van der Waals surface area contributed by atoms with E-state index < -0.39 is 9.52 Å². The molecule has 40 heavy (non-hydrogen) atoms. The maximum Gasteiger partial charge on any atom is 0.130 e. The van der Waals surface area contributed by atoms with Crippen LogP contribution in [-0.2, 0) is 5.16 Å². The van der Waals surface area contributed by atoms with E-state index in [0.717, 1.165) is 6.42 Å². The third kappa shape index (κ3) is 7.28. The normalized spacial score (nSPS) is 11.0. The van der Waals surface area contributed by atoms with Gasteiger partial charge in [-0.25, -0.2) is 4.98 Å². The number of nitrogens with zero attached hydrogens (tertiary/aromatic N) is 2. The van der Waals surface area contributed by atoms with Crippen LogP contribution in [0, 0.1) is 0 Å². The molecule has 0 aliphatic rings. The summed E-state index contributed by atoms with van der Waals surface area (Å²) in [5.41, 5.74) is 7.83. The standard InChI is InChI=1S/C22H26N2Si.C14H13B/c1-19(2)10-9-17-25-22(24-16-15-23-18-24,20-11-5-3-6-12-20)21-13-7-4-8-14-21;15-11-14(12-7-3-1-4-8-12)13-9-5-2-6-10-13/h3-8,11-16,18H,1,9-10,17,25H2,2H3;1-11H,15H2. The van der Waals surface area contributed by atoms with Gasteiger partial charge in [-0.15, -0.1) is 12.6 Å². The Morgan fingerprint density at radius 1 is 0.800 bits per heavy atom. The van der Waals surface area contributed by atoms with E-state index in [1.165, 1.54) is 45.9 Å². The van der Waals surface area contributed by atoms with Gasteiger partial charge in [0.2, 0.25) is 0 Å². The lowest BCUT2D eigenvalue weighted by molar-refractivity contribution is 0.588. The molecule has 5 rings (SSSR count). The Kier molecular flexibility index (Phi) is 10.7. The second kappa shape index (κ2) is 14.9. The molecular weight excluding hydrogens is 499 g/mol. The first kappa shape index (κ1) is 28.8. The maximum atomic E-state index is 4.37. The van der Waals surface area contributed by atoms with Gasteiger partial charge in [-0.2, -0.15) is 0 Å². The first-order valence-electron chi connectivity index (χ1n) is 14.2. The lowest BCUT2D eigenvalue weighted by Gasteiger charge is -2.37. The number of allylic oxidation sites excluding steroid dienone is 1. The fraction of sp³-hybridized carbons (Fsp3) is 0.139. The minimum atomic E-state index is -0.508. The van der Waals surface area contributed by atoms with Crippen molar-refractivity contribution in [3.05, 3.63) is 180 Å². The molecule has 1 aromatic heterocycles. The van der Waals surface area contributed by atoms with Crippen molar-refractivity contribution in [1.82, 2.24) is 9.55 Å². The van der Waals surface area contributed by atoms with E-state index in [-0.39, 0.29) is 5.16 Å². The smallest absolute Gasteiger partial charge is 0.130 e. The van der Waals surface area contributed by atoms with Crippen LogP contribution in [0.1, 0.15) is 42.0 Å². The van der Waals surface area contributed by atoms with Crippen molar-refractivity contribution < 1.29 is 0 Å². The van der Waals surface area contributed by atoms with E-state index in [2.05, 4.69) is 152 Å². The van der Waals surface area contributed by atoms with Crippen LogP contribution < -0.4 is 0 Å². The Morgan fingerprint density at radius 2 is 1.27 bits per heavy atom. The van der Waals surface area contributed by atoms with Crippen molar-refractivity contribution in [3.63, 3.8) is 0 Å². The molecule has 0 amide bonds. The van der Waals surface area contributed by atoms with Crippen LogP contribution >= 0.6 is 0 Å². The quantitative estimate of drug-likeness (QED) is 0.104. The van der Waals surface area contributed by atoms with E-state index in [0.29, 0.717) is 0 Å². The number of hydrogen-bond donors (Lipinski definition) is 0. The number of imidazole rings is 1. The van der Waals surface area contributed by atoms with Crippen molar-refractivity contribution >= 4 is 22.9 Å². The minimum Gasteiger partial charge on any atom is -0.327 e. The van der Waals surface area contributed by atoms with Gasteiger partial charge in [0.25, 0.3) is 0 Å². The molecule has 1 heterocycles. The highest BCUT2D eigenvalue weighted by molar-refractivity contribution is 6.41. The highest BCUT2D eigenvalue weighted by Crippen LogP contribution is 2.34.